The van der Waals surface area contributed by atoms with Crippen LogP contribution < -0.4 is 0 Å². The Kier molecular flexibility index (Phi) is 7.03. The second kappa shape index (κ2) is 12.6. The highest BCUT2D eigenvalue weighted by Gasteiger charge is 2.24. The standard InChI is InChI=1S/C51H31N5S/c1-3-16-32(17-4-1)49-52-50(33-18-5-2-6-19-33)54-51(53-49)39-23-9-13-27-42(39)55-41-26-12-8-22-38(41)46-43(55)31-30-36-34-20-7-11-25-40(34)56(47(36)46)44-28-15-24-37-35-21-10-14-29-45(35)57-48(37)44/h1-31H. The van der Waals surface area contributed by atoms with Crippen molar-refractivity contribution >= 4 is 75.1 Å². The SMILES string of the molecule is c1ccc(-c2nc(-c3ccccc3)nc(-c3ccccc3-n3c4ccccc4c4c3ccc3c5ccccc5n(-c5cccc6c5sc5ccccc56)c34)n2)cc1. The van der Waals surface area contributed by atoms with Crippen LogP contribution in [0, 0.1) is 0 Å². The lowest BCUT2D eigenvalue weighted by molar-refractivity contribution is 1.06. The van der Waals surface area contributed by atoms with Gasteiger partial charge in [-0.1, -0.05) is 146 Å². The highest BCUT2D eigenvalue weighted by Crippen LogP contribution is 2.45. The van der Waals surface area contributed by atoms with Crippen LogP contribution in [0.15, 0.2) is 188 Å². The predicted octanol–water partition coefficient (Wildman–Crippen LogP) is 13.4. The number of benzene rings is 8. The van der Waals surface area contributed by atoms with E-state index in [1.807, 2.05) is 47.7 Å². The Morgan fingerprint density at radius 3 is 1.67 bits per heavy atom. The van der Waals surface area contributed by atoms with Crippen molar-refractivity contribution in [2.75, 3.05) is 0 Å². The molecule has 0 fully saturated rings. The second-order valence-electron chi connectivity index (χ2n) is 14.4. The summed E-state index contributed by atoms with van der Waals surface area (Å²) in [7, 11) is 0. The lowest BCUT2D eigenvalue weighted by Crippen LogP contribution is -2.03. The van der Waals surface area contributed by atoms with E-state index in [4.69, 9.17) is 15.0 Å². The van der Waals surface area contributed by atoms with Crippen molar-refractivity contribution in [3.05, 3.63) is 188 Å². The van der Waals surface area contributed by atoms with Crippen molar-refractivity contribution in [1.82, 2.24) is 24.1 Å². The minimum absolute atomic E-state index is 0.621. The van der Waals surface area contributed by atoms with Crippen LogP contribution in [0.3, 0.4) is 0 Å². The monoisotopic (exact) mass is 745 g/mol. The first kappa shape index (κ1) is 31.9. The van der Waals surface area contributed by atoms with Crippen LogP contribution in [-0.4, -0.2) is 24.1 Å². The molecule has 266 valence electrons. The molecule has 57 heavy (non-hydrogen) atoms. The van der Waals surface area contributed by atoms with Crippen LogP contribution in [0.5, 0.6) is 0 Å². The van der Waals surface area contributed by atoms with Crippen molar-refractivity contribution < 1.29 is 0 Å². The maximum atomic E-state index is 5.17. The molecule has 12 aromatic rings. The summed E-state index contributed by atoms with van der Waals surface area (Å²) in [5.74, 6) is 1.90. The van der Waals surface area contributed by atoms with Crippen molar-refractivity contribution in [3.8, 4) is 45.5 Å². The van der Waals surface area contributed by atoms with E-state index >= 15 is 0 Å². The van der Waals surface area contributed by atoms with Gasteiger partial charge in [0.1, 0.15) is 0 Å². The number of thiophene rings is 1. The van der Waals surface area contributed by atoms with Crippen molar-refractivity contribution in [1.29, 1.82) is 0 Å². The normalized spacial score (nSPS) is 11.9. The summed E-state index contributed by atoms with van der Waals surface area (Å²) in [4.78, 5) is 15.3. The number of para-hydroxylation sites is 3. The molecule has 0 saturated carbocycles. The maximum Gasteiger partial charge on any atom is 0.166 e. The van der Waals surface area contributed by atoms with E-state index in [2.05, 4.69) is 161 Å². The number of aromatic nitrogens is 5. The topological polar surface area (TPSA) is 48.5 Å². The van der Waals surface area contributed by atoms with E-state index in [0.29, 0.717) is 17.5 Å². The Labute approximate surface area is 331 Å². The van der Waals surface area contributed by atoms with Gasteiger partial charge in [-0.15, -0.1) is 11.3 Å². The highest BCUT2D eigenvalue weighted by molar-refractivity contribution is 7.26. The summed E-state index contributed by atoms with van der Waals surface area (Å²) in [6.45, 7) is 0. The average Bonchev–Trinajstić information content (AvgIpc) is 3.95. The smallest absolute Gasteiger partial charge is 0.166 e. The molecule has 0 radical (unpaired) electrons. The van der Waals surface area contributed by atoms with Gasteiger partial charge in [0.2, 0.25) is 0 Å². The first-order valence-corrected chi connectivity index (χ1v) is 19.9. The molecule has 0 bridgehead atoms. The van der Waals surface area contributed by atoms with E-state index in [-0.39, 0.29) is 0 Å². The van der Waals surface area contributed by atoms with Crippen LogP contribution in [0.1, 0.15) is 0 Å². The molecular weight excluding hydrogens is 715 g/mol. The zero-order valence-corrected chi connectivity index (χ0v) is 31.4. The zero-order valence-electron chi connectivity index (χ0n) is 30.5. The Bertz CT molecular complexity index is 3470. The third kappa shape index (κ3) is 4.84. The van der Waals surface area contributed by atoms with Gasteiger partial charge in [-0.25, -0.2) is 15.0 Å². The van der Waals surface area contributed by atoms with Crippen molar-refractivity contribution in [3.63, 3.8) is 0 Å². The summed E-state index contributed by atoms with van der Waals surface area (Å²) >= 11 is 1.87. The largest absolute Gasteiger partial charge is 0.308 e. The second-order valence-corrected chi connectivity index (χ2v) is 15.4. The lowest BCUT2D eigenvalue weighted by atomic mass is 10.1. The molecule has 6 heteroatoms. The number of fused-ring (bicyclic) bond motifs is 10. The van der Waals surface area contributed by atoms with Gasteiger partial charge in [0.15, 0.2) is 17.5 Å². The fourth-order valence-electron chi connectivity index (χ4n) is 8.71. The highest BCUT2D eigenvalue weighted by atomic mass is 32.1. The van der Waals surface area contributed by atoms with Crippen molar-refractivity contribution in [2.45, 2.75) is 0 Å². The molecule has 0 spiro atoms. The predicted molar refractivity (Wildman–Crippen MR) is 238 cm³/mol. The van der Waals surface area contributed by atoms with Gasteiger partial charge >= 0.3 is 0 Å². The van der Waals surface area contributed by atoms with Gasteiger partial charge < -0.3 is 9.13 Å². The van der Waals surface area contributed by atoms with Crippen LogP contribution in [0.25, 0.3) is 109 Å². The summed E-state index contributed by atoms with van der Waals surface area (Å²) in [5.41, 5.74) is 9.62. The molecule has 0 aliphatic rings. The van der Waals surface area contributed by atoms with Crippen LogP contribution >= 0.6 is 11.3 Å². The molecule has 0 saturated heterocycles. The summed E-state index contributed by atoms with van der Waals surface area (Å²) in [6, 6.07) is 66.5. The van der Waals surface area contributed by atoms with E-state index in [9.17, 15) is 0 Å². The quantitative estimate of drug-likeness (QED) is 0.176. The molecule has 5 nitrogen and oxygen atoms in total. The fraction of sp³-hybridized carbons (Fsp3) is 0. The number of hydrogen-bond donors (Lipinski definition) is 0. The summed E-state index contributed by atoms with van der Waals surface area (Å²) < 4.78 is 7.49. The first-order chi connectivity index (χ1) is 28.3. The minimum Gasteiger partial charge on any atom is -0.308 e. The number of nitrogens with zero attached hydrogens (tertiary/aromatic N) is 5. The van der Waals surface area contributed by atoms with E-state index in [1.54, 1.807) is 0 Å². The fourth-order valence-corrected chi connectivity index (χ4v) is 9.92. The Morgan fingerprint density at radius 1 is 0.351 bits per heavy atom. The Morgan fingerprint density at radius 2 is 0.912 bits per heavy atom. The van der Waals surface area contributed by atoms with Gasteiger partial charge in [0.25, 0.3) is 0 Å². The molecule has 0 atom stereocenters. The van der Waals surface area contributed by atoms with Gasteiger partial charge in [0.05, 0.1) is 38.1 Å². The average molecular weight is 746 g/mol. The lowest BCUT2D eigenvalue weighted by Gasteiger charge is -2.15. The van der Waals surface area contributed by atoms with Gasteiger partial charge in [0, 0.05) is 53.7 Å². The molecule has 0 aliphatic heterocycles. The third-order valence-electron chi connectivity index (χ3n) is 11.2. The van der Waals surface area contributed by atoms with Crippen LogP contribution in [-0.2, 0) is 0 Å². The maximum absolute atomic E-state index is 5.17. The molecule has 12 rings (SSSR count). The van der Waals surface area contributed by atoms with Gasteiger partial charge in [-0.2, -0.15) is 0 Å². The van der Waals surface area contributed by atoms with Crippen LogP contribution in [0.2, 0.25) is 0 Å². The van der Waals surface area contributed by atoms with Crippen molar-refractivity contribution in [2.24, 2.45) is 0 Å². The first-order valence-electron chi connectivity index (χ1n) is 19.1. The number of hydrogen-bond acceptors (Lipinski definition) is 4. The third-order valence-corrected chi connectivity index (χ3v) is 12.4. The van der Waals surface area contributed by atoms with Gasteiger partial charge in [-0.05, 0) is 42.5 Å². The Hall–Kier alpha value is -7.41. The van der Waals surface area contributed by atoms with E-state index < -0.39 is 0 Å². The van der Waals surface area contributed by atoms with E-state index in [1.165, 1.54) is 58.4 Å². The van der Waals surface area contributed by atoms with Gasteiger partial charge in [-0.3, -0.25) is 0 Å². The molecule has 8 aromatic carbocycles. The molecule has 0 amide bonds. The van der Waals surface area contributed by atoms with Crippen LogP contribution in [0.4, 0.5) is 0 Å². The summed E-state index contributed by atoms with van der Waals surface area (Å²) in [6.07, 6.45) is 0. The van der Waals surface area contributed by atoms with E-state index in [0.717, 1.165) is 33.4 Å². The zero-order chi connectivity index (χ0) is 37.5. The minimum atomic E-state index is 0.621. The summed E-state index contributed by atoms with van der Waals surface area (Å²) in [5, 5.41) is 7.43. The number of rotatable bonds is 5. The molecule has 0 unspecified atom stereocenters. The molecule has 0 N–H and O–H groups in total. The molecule has 0 aliphatic carbocycles. The Balaban J connectivity index is 1.17. The molecular formula is C51H31N5S. The molecule has 4 aromatic heterocycles. The molecule has 4 heterocycles.